The van der Waals surface area contributed by atoms with Crippen LogP contribution in [0.25, 0.3) is 0 Å². The molecule has 0 atom stereocenters. The van der Waals surface area contributed by atoms with E-state index in [4.69, 9.17) is 0 Å². The lowest BCUT2D eigenvalue weighted by atomic mass is 9.96. The van der Waals surface area contributed by atoms with Gasteiger partial charge < -0.3 is 5.32 Å². The summed E-state index contributed by atoms with van der Waals surface area (Å²) in [6.07, 6.45) is -1.62. The maximum Gasteiger partial charge on any atom is 0.264 e. The molecule has 14 heavy (non-hydrogen) atoms. The summed E-state index contributed by atoms with van der Waals surface area (Å²) in [6, 6.07) is 5.13. The van der Waals surface area contributed by atoms with Gasteiger partial charge in [-0.25, -0.2) is 8.78 Å². The van der Waals surface area contributed by atoms with Crippen molar-refractivity contribution < 1.29 is 8.78 Å². The van der Waals surface area contributed by atoms with Crippen molar-refractivity contribution in [2.75, 3.05) is 6.54 Å². The molecule has 1 aliphatic rings. The summed E-state index contributed by atoms with van der Waals surface area (Å²) in [7, 11) is 0. The summed E-state index contributed by atoms with van der Waals surface area (Å²) < 4.78 is 25.1. The van der Waals surface area contributed by atoms with E-state index in [1.165, 1.54) is 6.07 Å². The fraction of sp³-hybridized carbons (Fsp3) is 0.400. The molecular formula is C10H12ClF2N. The van der Waals surface area contributed by atoms with Crippen molar-refractivity contribution in [1.29, 1.82) is 0 Å². The van der Waals surface area contributed by atoms with Crippen LogP contribution in [0.4, 0.5) is 8.78 Å². The SMILES string of the molecule is Cl.FC(F)c1cccc2c1CCNC2. The number of nitrogens with one attached hydrogen (secondary N) is 1. The molecule has 0 amide bonds. The predicted octanol–water partition coefficient (Wildman–Crippen LogP) is 2.69. The van der Waals surface area contributed by atoms with Crippen LogP contribution >= 0.6 is 12.4 Å². The highest BCUT2D eigenvalue weighted by molar-refractivity contribution is 5.85. The Morgan fingerprint density at radius 1 is 1.29 bits per heavy atom. The van der Waals surface area contributed by atoms with Gasteiger partial charge >= 0.3 is 0 Å². The third-order valence-electron chi connectivity index (χ3n) is 2.41. The van der Waals surface area contributed by atoms with Crippen molar-refractivity contribution in [2.24, 2.45) is 0 Å². The van der Waals surface area contributed by atoms with Crippen LogP contribution in [-0.2, 0) is 13.0 Å². The second kappa shape index (κ2) is 4.71. The van der Waals surface area contributed by atoms with Gasteiger partial charge in [0.1, 0.15) is 0 Å². The van der Waals surface area contributed by atoms with E-state index in [2.05, 4.69) is 5.32 Å². The Morgan fingerprint density at radius 3 is 2.79 bits per heavy atom. The zero-order valence-electron chi connectivity index (χ0n) is 7.59. The van der Waals surface area contributed by atoms with E-state index in [1.54, 1.807) is 6.07 Å². The van der Waals surface area contributed by atoms with Crippen LogP contribution in [0.5, 0.6) is 0 Å². The van der Waals surface area contributed by atoms with E-state index in [0.29, 0.717) is 0 Å². The second-order valence-corrected chi connectivity index (χ2v) is 3.21. The average molecular weight is 220 g/mol. The van der Waals surface area contributed by atoms with Crippen LogP contribution < -0.4 is 5.32 Å². The number of rotatable bonds is 1. The first-order valence-electron chi connectivity index (χ1n) is 4.38. The van der Waals surface area contributed by atoms with Crippen LogP contribution in [0.1, 0.15) is 23.1 Å². The minimum Gasteiger partial charge on any atom is -0.312 e. The first-order valence-corrected chi connectivity index (χ1v) is 4.38. The van der Waals surface area contributed by atoms with E-state index < -0.39 is 6.43 Å². The minimum absolute atomic E-state index is 0. The number of hydrogen-bond acceptors (Lipinski definition) is 1. The lowest BCUT2D eigenvalue weighted by molar-refractivity contribution is 0.150. The van der Waals surface area contributed by atoms with Crippen molar-refractivity contribution in [3.05, 3.63) is 34.9 Å². The molecule has 0 bridgehead atoms. The molecule has 1 aromatic carbocycles. The van der Waals surface area contributed by atoms with Gasteiger partial charge in [-0.3, -0.25) is 0 Å². The van der Waals surface area contributed by atoms with Gasteiger partial charge in [-0.2, -0.15) is 0 Å². The van der Waals surface area contributed by atoms with Crippen molar-refractivity contribution in [2.45, 2.75) is 19.4 Å². The first-order chi connectivity index (χ1) is 6.29. The van der Waals surface area contributed by atoms with Crippen LogP contribution in [-0.4, -0.2) is 6.54 Å². The van der Waals surface area contributed by atoms with E-state index in [1.807, 2.05) is 6.07 Å². The second-order valence-electron chi connectivity index (χ2n) is 3.21. The number of benzene rings is 1. The molecule has 0 unspecified atom stereocenters. The Morgan fingerprint density at radius 2 is 2.07 bits per heavy atom. The summed E-state index contributed by atoms with van der Waals surface area (Å²) in [5.41, 5.74) is 2.07. The third-order valence-corrected chi connectivity index (χ3v) is 2.41. The van der Waals surface area contributed by atoms with Crippen molar-refractivity contribution >= 4 is 12.4 Å². The summed E-state index contributed by atoms with van der Waals surface area (Å²) in [4.78, 5) is 0. The fourth-order valence-corrected chi connectivity index (χ4v) is 1.77. The smallest absolute Gasteiger partial charge is 0.264 e. The summed E-state index contributed by atoms with van der Waals surface area (Å²) in [5, 5.41) is 3.16. The van der Waals surface area contributed by atoms with Gasteiger partial charge in [0.05, 0.1) is 0 Å². The first kappa shape index (κ1) is 11.4. The Bertz CT molecular complexity index is 315. The largest absolute Gasteiger partial charge is 0.312 e. The molecule has 0 saturated heterocycles. The topological polar surface area (TPSA) is 12.0 Å². The maximum absolute atomic E-state index is 12.5. The summed E-state index contributed by atoms with van der Waals surface area (Å²) in [5.74, 6) is 0. The van der Waals surface area contributed by atoms with Gasteiger partial charge in [-0.05, 0) is 24.1 Å². The Labute approximate surface area is 87.9 Å². The highest BCUT2D eigenvalue weighted by atomic mass is 35.5. The molecule has 1 heterocycles. The molecule has 0 aliphatic carbocycles. The lowest BCUT2D eigenvalue weighted by Gasteiger charge is -2.19. The molecule has 1 N–H and O–H groups in total. The number of hydrogen-bond donors (Lipinski definition) is 1. The minimum atomic E-state index is -2.34. The molecule has 1 nitrogen and oxygen atoms in total. The average Bonchev–Trinajstić information content (AvgIpc) is 2.17. The summed E-state index contributed by atoms with van der Waals surface area (Å²) >= 11 is 0. The van der Waals surface area contributed by atoms with Gasteiger partial charge in [-0.1, -0.05) is 18.2 Å². The Balaban J connectivity index is 0.000000980. The van der Waals surface area contributed by atoms with Gasteiger partial charge in [0.2, 0.25) is 0 Å². The Kier molecular flexibility index (Phi) is 3.84. The van der Waals surface area contributed by atoms with Crippen molar-refractivity contribution in [3.8, 4) is 0 Å². The van der Waals surface area contributed by atoms with Crippen molar-refractivity contribution in [1.82, 2.24) is 5.32 Å². The molecule has 4 heteroatoms. The van der Waals surface area contributed by atoms with E-state index >= 15 is 0 Å². The monoisotopic (exact) mass is 219 g/mol. The number of fused-ring (bicyclic) bond motifs is 1. The van der Waals surface area contributed by atoms with E-state index in [0.717, 1.165) is 30.6 Å². The van der Waals surface area contributed by atoms with Gasteiger partial charge in [-0.15, -0.1) is 12.4 Å². The van der Waals surface area contributed by atoms with E-state index in [9.17, 15) is 8.78 Å². The van der Waals surface area contributed by atoms with Gasteiger partial charge in [0, 0.05) is 12.1 Å². The highest BCUT2D eigenvalue weighted by Crippen LogP contribution is 2.27. The predicted molar refractivity (Wildman–Crippen MR) is 54.1 cm³/mol. The molecule has 0 fully saturated rings. The molecule has 0 saturated carbocycles. The van der Waals surface area contributed by atoms with E-state index in [-0.39, 0.29) is 18.0 Å². The fourth-order valence-electron chi connectivity index (χ4n) is 1.77. The van der Waals surface area contributed by atoms with Gasteiger partial charge in [0.25, 0.3) is 6.43 Å². The molecule has 0 aromatic heterocycles. The summed E-state index contributed by atoms with van der Waals surface area (Å²) in [6.45, 7) is 1.52. The zero-order chi connectivity index (χ0) is 9.26. The lowest BCUT2D eigenvalue weighted by Crippen LogP contribution is -2.24. The molecule has 0 radical (unpaired) electrons. The Hall–Kier alpha value is -0.670. The molecular weight excluding hydrogens is 208 g/mol. The van der Waals surface area contributed by atoms with Crippen LogP contribution in [0, 0.1) is 0 Å². The highest BCUT2D eigenvalue weighted by Gasteiger charge is 2.17. The normalized spacial score (nSPS) is 14.8. The standard InChI is InChI=1S/C10H11F2N.ClH/c11-10(12)9-3-1-2-7-6-13-5-4-8(7)9;/h1-3,10,13H,4-6H2;1H. The van der Waals surface area contributed by atoms with Crippen LogP contribution in [0.2, 0.25) is 0 Å². The van der Waals surface area contributed by atoms with Crippen LogP contribution in [0.3, 0.4) is 0 Å². The van der Waals surface area contributed by atoms with Crippen molar-refractivity contribution in [3.63, 3.8) is 0 Å². The molecule has 2 rings (SSSR count). The zero-order valence-corrected chi connectivity index (χ0v) is 8.41. The molecule has 0 spiro atoms. The molecule has 1 aliphatic heterocycles. The quantitative estimate of drug-likeness (QED) is 0.766. The number of halogens is 3. The number of alkyl halides is 2. The van der Waals surface area contributed by atoms with Crippen LogP contribution in [0.15, 0.2) is 18.2 Å². The molecule has 78 valence electrons. The maximum atomic E-state index is 12.5. The third kappa shape index (κ3) is 2.04. The molecule has 1 aromatic rings. The van der Waals surface area contributed by atoms with Gasteiger partial charge in [0.15, 0.2) is 0 Å².